The maximum absolute atomic E-state index is 13.2. The molecular formula is C32H48N2O6. The number of carboxylic acids is 1. The van der Waals surface area contributed by atoms with Crippen LogP contribution in [0.3, 0.4) is 0 Å². The van der Waals surface area contributed by atoms with Gasteiger partial charge in [0.1, 0.15) is 11.6 Å². The topological polar surface area (TPSA) is 122 Å². The van der Waals surface area contributed by atoms with Crippen molar-refractivity contribution in [2.45, 2.75) is 111 Å². The first-order valence-electron chi connectivity index (χ1n) is 14.7. The fourth-order valence-corrected chi connectivity index (χ4v) is 6.90. The maximum Gasteiger partial charge on any atom is 0.408 e. The van der Waals surface area contributed by atoms with Gasteiger partial charge in [0.25, 0.3) is 0 Å². The van der Waals surface area contributed by atoms with Gasteiger partial charge in [0.2, 0.25) is 5.78 Å². The van der Waals surface area contributed by atoms with Gasteiger partial charge in [-0.15, -0.1) is 0 Å². The number of carbonyl (C=O) groups is 4. The first kappa shape index (κ1) is 31.6. The molecule has 0 aliphatic heterocycles. The number of ketones is 2. The molecule has 1 amide bonds. The normalized spacial score (nSPS) is 29.4. The highest BCUT2D eigenvalue weighted by Gasteiger charge is 2.53. The number of amides is 1. The van der Waals surface area contributed by atoms with E-state index in [1.165, 1.54) is 24.1 Å². The van der Waals surface area contributed by atoms with Gasteiger partial charge in [-0.2, -0.15) is 0 Å². The number of fused-ring (bicyclic) bond motifs is 1. The zero-order valence-electron chi connectivity index (χ0n) is 25.3. The summed E-state index contributed by atoms with van der Waals surface area (Å²) in [4.78, 5) is 49.6. The van der Waals surface area contributed by atoms with Crippen LogP contribution in [0.15, 0.2) is 35.1 Å². The molecule has 222 valence electrons. The molecule has 5 atom stereocenters. The molecular weight excluding hydrogens is 508 g/mol. The zero-order valence-corrected chi connectivity index (χ0v) is 25.3. The van der Waals surface area contributed by atoms with Crippen LogP contribution in [-0.2, 0) is 19.1 Å². The Morgan fingerprint density at radius 3 is 2.48 bits per heavy atom. The Morgan fingerprint density at radius 2 is 1.82 bits per heavy atom. The molecule has 3 rings (SSSR count). The smallest absolute Gasteiger partial charge is 0.408 e. The molecule has 3 N–H and O–H groups in total. The highest BCUT2D eigenvalue weighted by Crippen LogP contribution is 2.62. The van der Waals surface area contributed by atoms with E-state index in [0.29, 0.717) is 43.2 Å². The van der Waals surface area contributed by atoms with Gasteiger partial charge in [-0.1, -0.05) is 32.4 Å². The number of ether oxygens (including phenoxy) is 1. The molecule has 1 unspecified atom stereocenters. The highest BCUT2D eigenvalue weighted by atomic mass is 16.6. The van der Waals surface area contributed by atoms with Crippen molar-refractivity contribution < 1.29 is 29.0 Å². The third-order valence-corrected chi connectivity index (χ3v) is 9.55. The number of hydrogen-bond acceptors (Lipinski definition) is 6. The van der Waals surface area contributed by atoms with E-state index < -0.39 is 23.7 Å². The summed E-state index contributed by atoms with van der Waals surface area (Å²) in [5.41, 5.74) is 1.70. The van der Waals surface area contributed by atoms with Gasteiger partial charge in [-0.05, 0) is 108 Å². The number of unbranched alkanes of at least 4 members (excludes halogenated alkanes) is 1. The summed E-state index contributed by atoms with van der Waals surface area (Å²) in [6.45, 7) is 14.8. The first-order valence-corrected chi connectivity index (χ1v) is 14.7. The van der Waals surface area contributed by atoms with Crippen LogP contribution in [0, 0.1) is 22.7 Å². The number of rotatable bonds is 10. The summed E-state index contributed by atoms with van der Waals surface area (Å²) in [6.07, 6.45) is 10.9. The maximum atomic E-state index is 13.2. The van der Waals surface area contributed by atoms with Crippen LogP contribution in [0.2, 0.25) is 0 Å². The van der Waals surface area contributed by atoms with Crippen molar-refractivity contribution in [1.82, 2.24) is 10.6 Å². The van der Waals surface area contributed by atoms with Crippen molar-refractivity contribution in [3.8, 4) is 0 Å². The number of alkyl carbamates (subject to hydrolysis) is 1. The van der Waals surface area contributed by atoms with Gasteiger partial charge in [-0.3, -0.25) is 9.59 Å². The van der Waals surface area contributed by atoms with Gasteiger partial charge in [0, 0.05) is 18.2 Å². The first-order chi connectivity index (χ1) is 18.6. The summed E-state index contributed by atoms with van der Waals surface area (Å²) in [7, 11) is 0. The summed E-state index contributed by atoms with van der Waals surface area (Å²) >= 11 is 0. The molecule has 3 aliphatic rings. The Bertz CT molecular complexity index is 1110. The van der Waals surface area contributed by atoms with E-state index in [2.05, 4.69) is 44.4 Å². The number of nitrogens with one attached hydrogen (secondary N) is 2. The SMILES string of the molecule is CC1=CCC[C@H]2[C@](C)(CC3=CC(=O)C(NCCCCC(NC(=O)OC(C)(C)C)C(=O)O)=CC3=O)[C@@H](C)CC[C@]12C. The van der Waals surface area contributed by atoms with E-state index in [0.717, 1.165) is 19.3 Å². The molecule has 8 nitrogen and oxygen atoms in total. The number of allylic oxidation sites excluding steroid dienone is 5. The number of carbonyl (C=O) groups excluding carboxylic acids is 3. The molecule has 0 heterocycles. The van der Waals surface area contributed by atoms with Crippen molar-refractivity contribution in [2.24, 2.45) is 22.7 Å². The second-order valence-corrected chi connectivity index (χ2v) is 13.5. The number of hydrogen-bond donors (Lipinski definition) is 3. The largest absolute Gasteiger partial charge is 0.480 e. The molecule has 0 aromatic rings. The fourth-order valence-electron chi connectivity index (χ4n) is 6.90. The fraction of sp³-hybridized carbons (Fsp3) is 0.688. The third kappa shape index (κ3) is 7.24. The minimum atomic E-state index is -1.13. The van der Waals surface area contributed by atoms with E-state index in [-0.39, 0.29) is 34.5 Å². The molecule has 0 spiro atoms. The lowest BCUT2D eigenvalue weighted by atomic mass is 9.46. The van der Waals surface area contributed by atoms with Crippen LogP contribution < -0.4 is 10.6 Å². The van der Waals surface area contributed by atoms with Crippen molar-refractivity contribution in [3.05, 3.63) is 35.1 Å². The Morgan fingerprint density at radius 1 is 1.12 bits per heavy atom. The van der Waals surface area contributed by atoms with Gasteiger partial charge in [-0.25, -0.2) is 9.59 Å². The summed E-state index contributed by atoms with van der Waals surface area (Å²) in [5.74, 6) is -0.505. The van der Waals surface area contributed by atoms with Gasteiger partial charge in [0.05, 0.1) is 5.70 Å². The Kier molecular flexibility index (Phi) is 9.74. The summed E-state index contributed by atoms with van der Waals surface area (Å²) in [5, 5.41) is 14.9. The van der Waals surface area contributed by atoms with Crippen molar-refractivity contribution in [3.63, 3.8) is 0 Å². The minimum absolute atomic E-state index is 0.0584. The minimum Gasteiger partial charge on any atom is -0.480 e. The third-order valence-electron chi connectivity index (χ3n) is 9.55. The molecule has 0 aromatic carbocycles. The van der Waals surface area contributed by atoms with E-state index >= 15 is 0 Å². The average molecular weight is 557 g/mol. The van der Waals surface area contributed by atoms with Crippen LogP contribution in [0.5, 0.6) is 0 Å². The monoisotopic (exact) mass is 556 g/mol. The Labute approximate surface area is 239 Å². The highest BCUT2D eigenvalue weighted by molar-refractivity contribution is 6.19. The lowest BCUT2D eigenvalue weighted by Crippen LogP contribution is -2.50. The molecule has 0 radical (unpaired) electrons. The molecule has 0 bridgehead atoms. The van der Waals surface area contributed by atoms with Gasteiger partial charge < -0.3 is 20.5 Å². The van der Waals surface area contributed by atoms with Crippen molar-refractivity contribution in [2.75, 3.05) is 6.54 Å². The standard InChI is InChI=1S/C32H48N2O6/c1-20-11-10-13-27-31(20,6)15-14-21(2)32(27,7)19-22-17-26(36)24(18-25(22)35)33-16-9-8-12-23(28(37)38)34-29(39)40-30(3,4)5/h11,17-18,21,23,27,33H,8-10,12-16,19H2,1-7H3,(H,34,39)(H,37,38)/t21-,23?,27+,31+,32+/m0/s1. The van der Waals surface area contributed by atoms with Crippen molar-refractivity contribution in [1.29, 1.82) is 0 Å². The van der Waals surface area contributed by atoms with Crippen LogP contribution in [0.4, 0.5) is 4.79 Å². The van der Waals surface area contributed by atoms with Crippen LogP contribution in [0.1, 0.15) is 99.8 Å². The second-order valence-electron chi connectivity index (χ2n) is 13.5. The molecule has 0 saturated heterocycles. The zero-order chi connectivity index (χ0) is 29.9. The van der Waals surface area contributed by atoms with Crippen LogP contribution >= 0.6 is 0 Å². The van der Waals surface area contributed by atoms with Gasteiger partial charge >= 0.3 is 12.1 Å². The number of carboxylic acid groups (broad SMARTS) is 1. The average Bonchev–Trinajstić information content (AvgIpc) is 2.84. The number of aliphatic carboxylic acids is 1. The predicted molar refractivity (Wildman–Crippen MR) is 155 cm³/mol. The lowest BCUT2D eigenvalue weighted by Gasteiger charge is -2.58. The quantitative estimate of drug-likeness (QED) is 0.175. The van der Waals surface area contributed by atoms with Crippen LogP contribution in [0.25, 0.3) is 0 Å². The van der Waals surface area contributed by atoms with E-state index in [9.17, 15) is 24.3 Å². The summed E-state index contributed by atoms with van der Waals surface area (Å²) < 4.78 is 5.14. The van der Waals surface area contributed by atoms with Crippen molar-refractivity contribution >= 4 is 23.6 Å². The molecule has 8 heteroatoms. The molecule has 0 aromatic heterocycles. The van der Waals surface area contributed by atoms with Gasteiger partial charge in [0.15, 0.2) is 5.78 Å². The Balaban J connectivity index is 1.54. The predicted octanol–water partition coefficient (Wildman–Crippen LogP) is 5.88. The molecule has 3 aliphatic carbocycles. The van der Waals surface area contributed by atoms with E-state index in [4.69, 9.17) is 4.74 Å². The molecule has 40 heavy (non-hydrogen) atoms. The lowest BCUT2D eigenvalue weighted by molar-refractivity contribution is -0.139. The molecule has 1 fully saturated rings. The van der Waals surface area contributed by atoms with E-state index in [1.54, 1.807) is 20.8 Å². The Hall–Kier alpha value is -2.90. The second kappa shape index (κ2) is 12.3. The van der Waals surface area contributed by atoms with Crippen LogP contribution in [-0.4, -0.2) is 46.9 Å². The molecule has 1 saturated carbocycles. The van der Waals surface area contributed by atoms with E-state index in [1.807, 2.05) is 0 Å². The summed E-state index contributed by atoms with van der Waals surface area (Å²) in [6, 6.07) is -1.06.